The van der Waals surface area contributed by atoms with Crippen LogP contribution >= 0.6 is 11.3 Å². The highest BCUT2D eigenvalue weighted by molar-refractivity contribution is 7.09. The van der Waals surface area contributed by atoms with Gasteiger partial charge in [-0.25, -0.2) is 0 Å². The maximum absolute atomic E-state index is 3.48. The van der Waals surface area contributed by atoms with Crippen LogP contribution in [-0.2, 0) is 13.0 Å². The molecule has 0 spiro atoms. The zero-order valence-corrected chi connectivity index (χ0v) is 14.3. The Kier molecular flexibility index (Phi) is 5.83. The van der Waals surface area contributed by atoms with Gasteiger partial charge < -0.3 is 10.2 Å². The number of thiophene rings is 1. The molecule has 0 aliphatic rings. The zero-order valence-electron chi connectivity index (χ0n) is 13.5. The highest BCUT2D eigenvalue weighted by Crippen LogP contribution is 2.19. The quantitative estimate of drug-likeness (QED) is 0.823. The Bertz CT molecular complexity index is 546. The van der Waals surface area contributed by atoms with Crippen LogP contribution in [0.4, 0.5) is 5.69 Å². The van der Waals surface area contributed by atoms with E-state index in [2.05, 4.69) is 73.7 Å². The van der Waals surface area contributed by atoms with Gasteiger partial charge in [-0.2, -0.15) is 0 Å². The summed E-state index contributed by atoms with van der Waals surface area (Å²) in [5.74, 6) is 0. The maximum Gasteiger partial charge on any atom is 0.0366 e. The summed E-state index contributed by atoms with van der Waals surface area (Å²) in [5, 5.41) is 5.63. The topological polar surface area (TPSA) is 15.3 Å². The minimum atomic E-state index is 0.526. The molecule has 1 aromatic heterocycles. The lowest BCUT2D eigenvalue weighted by atomic mass is 10.1. The van der Waals surface area contributed by atoms with Gasteiger partial charge in [0.25, 0.3) is 0 Å². The number of benzene rings is 1. The second kappa shape index (κ2) is 7.62. The molecule has 1 N–H and O–H groups in total. The summed E-state index contributed by atoms with van der Waals surface area (Å²) < 4.78 is 0. The van der Waals surface area contributed by atoms with Crippen LogP contribution in [0.25, 0.3) is 0 Å². The van der Waals surface area contributed by atoms with E-state index in [4.69, 9.17) is 0 Å². The standard InChI is InChI=1S/C18H26N2S/c1-14(2)19-13-16-7-8-17(12-15(16)3)20(4)10-9-18-6-5-11-21-18/h5-8,11-12,14,19H,9-10,13H2,1-4H3. The van der Waals surface area contributed by atoms with E-state index in [1.807, 2.05) is 11.3 Å². The molecule has 2 nitrogen and oxygen atoms in total. The minimum Gasteiger partial charge on any atom is -0.374 e. The number of nitrogens with zero attached hydrogens (tertiary/aromatic N) is 1. The molecule has 0 radical (unpaired) electrons. The molecule has 2 rings (SSSR count). The molecule has 114 valence electrons. The Labute approximate surface area is 132 Å². The second-order valence-corrected chi connectivity index (χ2v) is 6.93. The lowest BCUT2D eigenvalue weighted by Gasteiger charge is -2.21. The summed E-state index contributed by atoms with van der Waals surface area (Å²) in [6, 6.07) is 11.6. The first-order valence-electron chi connectivity index (χ1n) is 7.62. The van der Waals surface area contributed by atoms with E-state index in [1.165, 1.54) is 21.7 Å². The summed E-state index contributed by atoms with van der Waals surface area (Å²) in [6.45, 7) is 8.57. The molecule has 1 aromatic carbocycles. The molecule has 1 heterocycles. The van der Waals surface area contributed by atoms with Gasteiger partial charge in [0.05, 0.1) is 0 Å². The largest absolute Gasteiger partial charge is 0.374 e. The third-order valence-corrected chi connectivity index (χ3v) is 4.68. The molecule has 21 heavy (non-hydrogen) atoms. The third kappa shape index (κ3) is 4.87. The summed E-state index contributed by atoms with van der Waals surface area (Å²) in [6.07, 6.45) is 1.11. The molecule has 0 saturated heterocycles. The van der Waals surface area contributed by atoms with Crippen molar-refractivity contribution in [2.24, 2.45) is 0 Å². The van der Waals surface area contributed by atoms with Crippen LogP contribution in [0.5, 0.6) is 0 Å². The van der Waals surface area contributed by atoms with Crippen LogP contribution in [0, 0.1) is 6.92 Å². The molecular formula is C18H26N2S. The maximum atomic E-state index is 3.48. The number of likely N-dealkylation sites (N-methyl/N-ethyl adjacent to an activating group) is 1. The summed E-state index contributed by atoms with van der Waals surface area (Å²) >= 11 is 1.84. The van der Waals surface area contributed by atoms with Crippen molar-refractivity contribution in [2.45, 2.75) is 39.8 Å². The Morgan fingerprint density at radius 1 is 1.24 bits per heavy atom. The van der Waals surface area contributed by atoms with E-state index in [0.717, 1.165) is 19.5 Å². The Hall–Kier alpha value is -1.32. The van der Waals surface area contributed by atoms with Gasteiger partial charge in [-0.05, 0) is 48.1 Å². The molecule has 0 aliphatic heterocycles. The molecule has 3 heteroatoms. The molecule has 2 aromatic rings. The van der Waals surface area contributed by atoms with Crippen LogP contribution < -0.4 is 10.2 Å². The molecule has 0 bridgehead atoms. The Morgan fingerprint density at radius 2 is 2.05 bits per heavy atom. The summed E-state index contributed by atoms with van der Waals surface area (Å²) in [7, 11) is 2.18. The summed E-state index contributed by atoms with van der Waals surface area (Å²) in [4.78, 5) is 3.79. The van der Waals surface area contributed by atoms with Crippen LogP contribution in [-0.4, -0.2) is 19.6 Å². The van der Waals surface area contributed by atoms with E-state index in [-0.39, 0.29) is 0 Å². The van der Waals surface area contributed by atoms with Crippen molar-refractivity contribution >= 4 is 17.0 Å². The number of hydrogen-bond acceptors (Lipinski definition) is 3. The Morgan fingerprint density at radius 3 is 2.67 bits per heavy atom. The summed E-state index contributed by atoms with van der Waals surface area (Å²) in [5.41, 5.74) is 4.06. The van der Waals surface area contributed by atoms with Gasteiger partial charge in [0.2, 0.25) is 0 Å². The molecular weight excluding hydrogens is 276 g/mol. The van der Waals surface area contributed by atoms with Crippen molar-refractivity contribution in [3.8, 4) is 0 Å². The number of nitrogens with one attached hydrogen (secondary N) is 1. The fraction of sp³-hybridized carbons (Fsp3) is 0.444. The second-order valence-electron chi connectivity index (χ2n) is 5.90. The van der Waals surface area contributed by atoms with Gasteiger partial charge >= 0.3 is 0 Å². The van der Waals surface area contributed by atoms with Gasteiger partial charge in [0.1, 0.15) is 0 Å². The van der Waals surface area contributed by atoms with Crippen LogP contribution in [0.15, 0.2) is 35.7 Å². The van der Waals surface area contributed by atoms with Crippen molar-refractivity contribution in [3.05, 3.63) is 51.7 Å². The number of hydrogen-bond donors (Lipinski definition) is 1. The fourth-order valence-corrected chi connectivity index (χ4v) is 2.99. The first kappa shape index (κ1) is 16.1. The fourth-order valence-electron chi connectivity index (χ4n) is 2.29. The lowest BCUT2D eigenvalue weighted by molar-refractivity contribution is 0.587. The van der Waals surface area contributed by atoms with Crippen molar-refractivity contribution in [2.75, 3.05) is 18.5 Å². The van der Waals surface area contributed by atoms with Crippen molar-refractivity contribution in [1.29, 1.82) is 0 Å². The van der Waals surface area contributed by atoms with Gasteiger partial charge in [-0.1, -0.05) is 26.0 Å². The van der Waals surface area contributed by atoms with Gasteiger partial charge in [0, 0.05) is 36.7 Å². The molecule has 0 saturated carbocycles. The third-order valence-electron chi connectivity index (χ3n) is 3.74. The zero-order chi connectivity index (χ0) is 15.2. The van der Waals surface area contributed by atoms with E-state index < -0.39 is 0 Å². The molecule has 0 fully saturated rings. The predicted molar refractivity (Wildman–Crippen MR) is 94.4 cm³/mol. The van der Waals surface area contributed by atoms with Gasteiger partial charge in [0.15, 0.2) is 0 Å². The first-order chi connectivity index (χ1) is 10.1. The van der Waals surface area contributed by atoms with E-state index in [0.29, 0.717) is 6.04 Å². The number of anilines is 1. The first-order valence-corrected chi connectivity index (χ1v) is 8.50. The molecule has 0 unspecified atom stereocenters. The van der Waals surface area contributed by atoms with Crippen molar-refractivity contribution in [3.63, 3.8) is 0 Å². The SMILES string of the molecule is Cc1cc(N(C)CCc2cccs2)ccc1CNC(C)C. The average molecular weight is 302 g/mol. The molecule has 0 aliphatic carbocycles. The average Bonchev–Trinajstić information content (AvgIpc) is 2.96. The van der Waals surface area contributed by atoms with Crippen molar-refractivity contribution < 1.29 is 0 Å². The Balaban J connectivity index is 1.95. The van der Waals surface area contributed by atoms with Crippen LogP contribution in [0.2, 0.25) is 0 Å². The normalized spacial score (nSPS) is 11.1. The highest BCUT2D eigenvalue weighted by atomic mass is 32.1. The number of aryl methyl sites for hydroxylation is 1. The smallest absolute Gasteiger partial charge is 0.0366 e. The van der Waals surface area contributed by atoms with Crippen molar-refractivity contribution in [1.82, 2.24) is 5.32 Å². The minimum absolute atomic E-state index is 0.526. The van der Waals surface area contributed by atoms with Gasteiger partial charge in [-0.15, -0.1) is 11.3 Å². The van der Waals surface area contributed by atoms with E-state index in [9.17, 15) is 0 Å². The monoisotopic (exact) mass is 302 g/mol. The van der Waals surface area contributed by atoms with E-state index in [1.54, 1.807) is 0 Å². The number of rotatable bonds is 7. The van der Waals surface area contributed by atoms with E-state index >= 15 is 0 Å². The van der Waals surface area contributed by atoms with Crippen LogP contribution in [0.3, 0.4) is 0 Å². The highest BCUT2D eigenvalue weighted by Gasteiger charge is 2.05. The molecule has 0 atom stereocenters. The molecule has 0 amide bonds. The lowest BCUT2D eigenvalue weighted by Crippen LogP contribution is -2.23. The predicted octanol–water partition coefficient (Wildman–Crippen LogP) is 4.23. The van der Waals surface area contributed by atoms with Gasteiger partial charge in [-0.3, -0.25) is 0 Å². The van der Waals surface area contributed by atoms with Crippen LogP contribution in [0.1, 0.15) is 29.9 Å².